The number of fused-ring (bicyclic) bond motifs is 20. The van der Waals surface area contributed by atoms with Gasteiger partial charge in [-0.1, -0.05) is 383 Å². The third-order valence-electron chi connectivity index (χ3n) is 25.3. The fourth-order valence-electron chi connectivity index (χ4n) is 20.0. The molecule has 4 nitrogen and oxygen atoms in total. The van der Waals surface area contributed by atoms with E-state index in [-0.39, 0.29) is 7.43 Å². The van der Waals surface area contributed by atoms with Crippen molar-refractivity contribution < 1.29 is 0 Å². The summed E-state index contributed by atoms with van der Waals surface area (Å²) in [4.78, 5) is 7.26. The lowest BCUT2D eigenvalue weighted by atomic mass is 9.64. The molecule has 2 aliphatic carbocycles. The zero-order chi connectivity index (χ0) is 81.8. The van der Waals surface area contributed by atoms with Crippen LogP contribution in [0, 0.1) is 0 Å². The smallest absolute Gasteiger partial charge is 0.0754 e. The molecular formula is C119H85ClN4. The van der Waals surface area contributed by atoms with Crippen LogP contribution in [0.15, 0.2) is 485 Å². The van der Waals surface area contributed by atoms with Gasteiger partial charge >= 0.3 is 0 Å². The third kappa shape index (κ3) is 12.8. The summed E-state index contributed by atoms with van der Waals surface area (Å²) < 4.78 is 0. The van der Waals surface area contributed by atoms with Gasteiger partial charge in [0.05, 0.1) is 39.3 Å². The number of nitrogens with one attached hydrogen (secondary N) is 1. The van der Waals surface area contributed by atoms with Crippen molar-refractivity contribution in [2.75, 3.05) is 20.0 Å². The minimum absolute atomic E-state index is 0. The molecule has 4 aliphatic rings. The van der Waals surface area contributed by atoms with Crippen LogP contribution in [0.2, 0.25) is 5.02 Å². The summed E-state index contributed by atoms with van der Waals surface area (Å²) in [6.07, 6.45) is 0. The maximum absolute atomic E-state index is 6.66. The number of halogens is 1. The molecule has 0 bridgehead atoms. The molecule has 2 aliphatic heterocycles. The van der Waals surface area contributed by atoms with Crippen LogP contribution in [-0.2, 0) is 10.8 Å². The maximum atomic E-state index is 6.66. The van der Waals surface area contributed by atoms with Crippen LogP contribution in [0.1, 0.15) is 51.9 Å². The van der Waals surface area contributed by atoms with Crippen molar-refractivity contribution in [2.45, 2.75) is 18.3 Å². The Morgan fingerprint density at radius 2 is 0.508 bits per heavy atom. The summed E-state index contributed by atoms with van der Waals surface area (Å²) >= 11 is 6.66. The van der Waals surface area contributed by atoms with Gasteiger partial charge in [0, 0.05) is 49.9 Å². The number of benzene rings is 20. The minimum atomic E-state index is -0.522. The van der Waals surface area contributed by atoms with E-state index in [1.807, 2.05) is 30.3 Å². The molecule has 1 N–H and O–H groups in total. The lowest BCUT2D eigenvalue weighted by Gasteiger charge is -2.45. The zero-order valence-electron chi connectivity index (χ0n) is 67.4. The van der Waals surface area contributed by atoms with Gasteiger partial charge in [-0.15, -0.1) is 0 Å². The summed E-state index contributed by atoms with van der Waals surface area (Å²) in [6.45, 7) is 0. The van der Waals surface area contributed by atoms with Crippen molar-refractivity contribution in [1.82, 2.24) is 0 Å². The summed E-state index contributed by atoms with van der Waals surface area (Å²) in [5.41, 5.74) is 37.0. The topological polar surface area (TPSA) is 21.8 Å². The SMILES string of the molecule is C.Clc1ccc(-c2ccc3c(c2)C2(c4ccccc4-3)c3ccccc3N(c3ccccc3)c3ccccc32)c2ccccc12.c1ccc(-c2ccc(N(c3ccccc3)c3ccc(-c4ccc5c(c4)C4(c6ccccc6-5)c5ccccc5N(c5ccccc5)c5ccccc54)c4ccccc34)cc2)cc1.c1ccc(Nc2ccc(-c3ccccc3)cc2)cc1. The summed E-state index contributed by atoms with van der Waals surface area (Å²) in [7, 11) is 0. The predicted octanol–water partition coefficient (Wildman–Crippen LogP) is 32.8. The first-order valence-electron chi connectivity index (χ1n) is 42.2. The Kier molecular flexibility index (Phi) is 19.7. The first-order valence-corrected chi connectivity index (χ1v) is 42.6. The van der Waals surface area contributed by atoms with Crippen LogP contribution in [0.3, 0.4) is 0 Å². The van der Waals surface area contributed by atoms with Crippen LogP contribution in [0.4, 0.5) is 62.6 Å². The van der Waals surface area contributed by atoms with E-state index in [0.29, 0.717) is 0 Å². The highest BCUT2D eigenvalue weighted by atomic mass is 35.5. The standard InChI is InChI=1S/C59H40N2.C41H26ClN.C18H15N.CH4/c1-4-18-41(19-5-1)42-32-35-46(36-33-42)60(44-20-6-2-7-21-44)56-39-38-47(48-24-10-11-26-51(48)56)43-34-37-50-49-25-12-13-27-52(49)59(55(50)40-43)53-28-14-16-30-57(53)61(45-22-8-3-9-23-45)58-31-17-15-29-54(58)59;42-38-25-24-29(30-14-4-5-16-33(30)38)27-22-23-32-31-15-6-7-17-34(31)41(37(32)26-27)35-18-8-10-20-39(35)43(28-12-2-1-3-13-28)40-21-11-9-19-36(40)41;1-3-7-15(8-4-1)16-11-13-18(14-12-16)19-17-9-5-2-6-10-17;/h1-40H;1-26H;1-14,19H;1H4. The van der Waals surface area contributed by atoms with E-state index in [1.54, 1.807) is 0 Å². The lowest BCUT2D eigenvalue weighted by molar-refractivity contribution is 0.753. The lowest BCUT2D eigenvalue weighted by Crippen LogP contribution is -2.36. The molecule has 5 heteroatoms. The second kappa shape index (κ2) is 32.2. The molecule has 20 aromatic carbocycles. The molecule has 2 heterocycles. The molecule has 0 radical (unpaired) electrons. The van der Waals surface area contributed by atoms with E-state index in [4.69, 9.17) is 11.6 Å². The van der Waals surface area contributed by atoms with Crippen molar-refractivity contribution in [3.63, 3.8) is 0 Å². The highest BCUT2D eigenvalue weighted by molar-refractivity contribution is 6.36. The highest BCUT2D eigenvalue weighted by Crippen LogP contribution is 2.66. The van der Waals surface area contributed by atoms with E-state index < -0.39 is 10.8 Å². The zero-order valence-corrected chi connectivity index (χ0v) is 68.2. The molecule has 0 saturated heterocycles. The minimum Gasteiger partial charge on any atom is -0.356 e. The van der Waals surface area contributed by atoms with Crippen LogP contribution in [0.25, 0.3) is 88.3 Å². The third-order valence-corrected chi connectivity index (χ3v) is 25.6. The van der Waals surface area contributed by atoms with Gasteiger partial charge in [-0.25, -0.2) is 0 Å². The van der Waals surface area contributed by atoms with E-state index in [0.717, 1.165) is 50.2 Å². The second-order valence-corrected chi connectivity index (χ2v) is 32.3. The van der Waals surface area contributed by atoms with Crippen molar-refractivity contribution in [3.8, 4) is 66.8 Å². The highest BCUT2D eigenvalue weighted by Gasteiger charge is 2.54. The molecule has 20 aromatic rings. The Balaban J connectivity index is 0.000000129. The van der Waals surface area contributed by atoms with E-state index >= 15 is 0 Å². The van der Waals surface area contributed by atoms with Crippen LogP contribution in [0.5, 0.6) is 0 Å². The molecule has 0 atom stereocenters. The normalized spacial score (nSPS) is 12.8. The molecule has 0 fully saturated rings. The number of nitrogens with zero attached hydrogens (tertiary/aromatic N) is 3. The van der Waals surface area contributed by atoms with Gasteiger partial charge < -0.3 is 20.0 Å². The van der Waals surface area contributed by atoms with Gasteiger partial charge in [0.2, 0.25) is 0 Å². The monoisotopic (exact) mass is 1600 g/mol. The molecule has 2 spiro atoms. The van der Waals surface area contributed by atoms with E-state index in [2.05, 4.69) is 475 Å². The summed E-state index contributed by atoms with van der Waals surface area (Å²) in [5.74, 6) is 0. The van der Waals surface area contributed by atoms with Gasteiger partial charge in [-0.3, -0.25) is 0 Å². The van der Waals surface area contributed by atoms with Crippen LogP contribution < -0.4 is 20.0 Å². The number of hydrogen-bond donors (Lipinski definition) is 1. The molecule has 124 heavy (non-hydrogen) atoms. The van der Waals surface area contributed by atoms with Crippen molar-refractivity contribution in [2.24, 2.45) is 0 Å². The van der Waals surface area contributed by atoms with Crippen molar-refractivity contribution >= 4 is 95.7 Å². The fraction of sp³-hybridized carbons (Fsp3) is 0.0252. The number of hydrogen-bond acceptors (Lipinski definition) is 4. The van der Waals surface area contributed by atoms with Crippen molar-refractivity contribution in [3.05, 3.63) is 535 Å². The molecule has 0 amide bonds. The van der Waals surface area contributed by atoms with E-state index in [9.17, 15) is 0 Å². The summed E-state index contributed by atoms with van der Waals surface area (Å²) in [5, 5.41) is 8.81. The molecule has 0 aromatic heterocycles. The van der Waals surface area contributed by atoms with Gasteiger partial charge in [0.1, 0.15) is 0 Å². The Morgan fingerprint density at radius 1 is 0.210 bits per heavy atom. The van der Waals surface area contributed by atoms with Gasteiger partial charge in [-0.05, 0) is 243 Å². The second-order valence-electron chi connectivity index (χ2n) is 31.9. The number of anilines is 11. The van der Waals surface area contributed by atoms with Crippen LogP contribution >= 0.6 is 11.6 Å². The Bertz CT molecular complexity index is 7250. The molecular weight excluding hydrogens is 1520 g/mol. The quantitative estimate of drug-likeness (QED) is 0.139. The average Bonchev–Trinajstić information content (AvgIpc) is 1.49. The van der Waals surface area contributed by atoms with Gasteiger partial charge in [0.15, 0.2) is 0 Å². The Hall–Kier alpha value is -15.6. The van der Waals surface area contributed by atoms with Crippen molar-refractivity contribution in [1.29, 1.82) is 0 Å². The van der Waals surface area contributed by atoms with E-state index in [1.165, 1.54) is 150 Å². The number of para-hydroxylation sites is 8. The largest absolute Gasteiger partial charge is 0.356 e. The molecule has 588 valence electrons. The van der Waals surface area contributed by atoms with Crippen LogP contribution in [-0.4, -0.2) is 0 Å². The predicted molar refractivity (Wildman–Crippen MR) is 523 cm³/mol. The number of rotatable bonds is 11. The molecule has 0 saturated carbocycles. The Morgan fingerprint density at radius 3 is 0.960 bits per heavy atom. The first-order chi connectivity index (χ1) is 61.0. The molecule has 0 unspecified atom stereocenters. The first kappa shape index (κ1) is 75.9. The maximum Gasteiger partial charge on any atom is 0.0754 e. The van der Waals surface area contributed by atoms with Gasteiger partial charge in [-0.2, -0.15) is 0 Å². The Labute approximate surface area is 730 Å². The summed E-state index contributed by atoms with van der Waals surface area (Å²) in [6, 6.07) is 175. The average molecular weight is 1610 g/mol. The molecule has 24 rings (SSSR count). The fourth-order valence-corrected chi connectivity index (χ4v) is 20.2. The van der Waals surface area contributed by atoms with Gasteiger partial charge in [0.25, 0.3) is 0 Å².